The summed E-state index contributed by atoms with van der Waals surface area (Å²) < 4.78 is 17.7. The Morgan fingerprint density at radius 1 is 1.10 bits per heavy atom. The third-order valence-electron chi connectivity index (χ3n) is 7.15. The van der Waals surface area contributed by atoms with E-state index < -0.39 is 48.7 Å². The highest BCUT2D eigenvalue weighted by Crippen LogP contribution is 2.33. The molecule has 0 unspecified atom stereocenters. The maximum atomic E-state index is 12.8. The average Bonchev–Trinajstić information content (AvgIpc) is 3.38. The number of anilines is 1. The normalized spacial score (nSPS) is 22.9. The van der Waals surface area contributed by atoms with Gasteiger partial charge in [-0.1, -0.05) is 6.07 Å². The summed E-state index contributed by atoms with van der Waals surface area (Å²) in [6.07, 6.45) is -5.44. The van der Waals surface area contributed by atoms with Crippen molar-refractivity contribution in [1.82, 2.24) is 15.5 Å². The van der Waals surface area contributed by atoms with Gasteiger partial charge in [0.25, 0.3) is 5.56 Å². The number of ether oxygens (including phenoxy) is 2. The number of nitrogens with one attached hydrogen (secondary N) is 2. The van der Waals surface area contributed by atoms with E-state index in [0.29, 0.717) is 16.7 Å². The predicted molar refractivity (Wildman–Crippen MR) is 147 cm³/mol. The molecule has 1 aliphatic rings. The number of aromatic amines is 1. The SMILES string of the molecule is CCN(CC)c1ccc2cc(-c3ccc4c(O[C@@H]5O[C@H](CO)[C@@H](O)[C@H](O)[C@H]5NC(C)=O)n[nH]c(=O)c4c3)oc2c1. The number of furan rings is 1. The van der Waals surface area contributed by atoms with Crippen LogP contribution in [0.3, 0.4) is 0 Å². The van der Waals surface area contributed by atoms with Gasteiger partial charge in [-0.25, -0.2) is 5.10 Å². The fourth-order valence-corrected chi connectivity index (χ4v) is 5.01. The van der Waals surface area contributed by atoms with Gasteiger partial charge in [0.1, 0.15) is 35.7 Å². The predicted octanol–water partition coefficient (Wildman–Crippen LogP) is 1.50. The first-order valence-corrected chi connectivity index (χ1v) is 13.1. The summed E-state index contributed by atoms with van der Waals surface area (Å²) in [5, 5.41) is 40.8. The molecule has 40 heavy (non-hydrogen) atoms. The van der Waals surface area contributed by atoms with Gasteiger partial charge >= 0.3 is 0 Å². The molecule has 0 bridgehead atoms. The molecule has 0 saturated carbocycles. The molecular weight excluding hydrogens is 520 g/mol. The van der Waals surface area contributed by atoms with E-state index in [4.69, 9.17) is 13.9 Å². The van der Waals surface area contributed by atoms with Crippen LogP contribution in [0.15, 0.2) is 51.7 Å². The number of aromatic nitrogens is 2. The highest BCUT2D eigenvalue weighted by molar-refractivity contribution is 5.91. The van der Waals surface area contributed by atoms with Gasteiger partial charge in [0, 0.05) is 42.7 Å². The van der Waals surface area contributed by atoms with Gasteiger partial charge in [0.2, 0.25) is 18.1 Å². The van der Waals surface area contributed by atoms with E-state index in [-0.39, 0.29) is 11.3 Å². The van der Waals surface area contributed by atoms with Crippen molar-refractivity contribution in [3.63, 3.8) is 0 Å². The Balaban J connectivity index is 1.49. The van der Waals surface area contributed by atoms with Crippen LogP contribution >= 0.6 is 0 Å². The molecule has 0 aliphatic carbocycles. The molecule has 2 aromatic carbocycles. The lowest BCUT2D eigenvalue weighted by molar-refractivity contribution is -0.245. The molecule has 4 aromatic rings. The third-order valence-corrected chi connectivity index (χ3v) is 7.15. The Bertz CT molecular complexity index is 1580. The highest BCUT2D eigenvalue weighted by Gasteiger charge is 2.46. The number of hydrogen-bond acceptors (Lipinski definition) is 10. The Hall–Kier alpha value is -3.97. The molecule has 1 amide bonds. The topological polar surface area (TPSA) is 170 Å². The second kappa shape index (κ2) is 11.3. The number of benzene rings is 2. The number of fused-ring (bicyclic) bond motifs is 2. The van der Waals surface area contributed by atoms with Gasteiger partial charge in [-0.15, -0.1) is 5.10 Å². The van der Waals surface area contributed by atoms with Gasteiger partial charge in [-0.3, -0.25) is 9.59 Å². The van der Waals surface area contributed by atoms with Crippen molar-refractivity contribution in [1.29, 1.82) is 0 Å². The molecule has 1 fully saturated rings. The van der Waals surface area contributed by atoms with E-state index in [0.717, 1.165) is 29.7 Å². The van der Waals surface area contributed by atoms with E-state index in [1.165, 1.54) is 6.92 Å². The molecule has 12 nitrogen and oxygen atoms in total. The Labute approximate surface area is 229 Å². The molecule has 5 N–H and O–H groups in total. The van der Waals surface area contributed by atoms with Gasteiger partial charge in [0.05, 0.1) is 17.4 Å². The Morgan fingerprint density at radius 2 is 1.88 bits per heavy atom. The summed E-state index contributed by atoms with van der Waals surface area (Å²) in [7, 11) is 0. The maximum absolute atomic E-state index is 12.8. The minimum absolute atomic E-state index is 0.0322. The van der Waals surface area contributed by atoms with Crippen LogP contribution in [0.4, 0.5) is 5.69 Å². The lowest BCUT2D eigenvalue weighted by Crippen LogP contribution is -2.65. The van der Waals surface area contributed by atoms with E-state index in [9.17, 15) is 24.9 Å². The zero-order chi connectivity index (χ0) is 28.6. The summed E-state index contributed by atoms with van der Waals surface area (Å²) >= 11 is 0. The van der Waals surface area contributed by atoms with Crippen molar-refractivity contribution < 1.29 is 34.0 Å². The number of nitrogens with zero attached hydrogens (tertiary/aromatic N) is 2. The van der Waals surface area contributed by atoms with Crippen molar-refractivity contribution in [2.24, 2.45) is 0 Å². The quantitative estimate of drug-likeness (QED) is 0.216. The highest BCUT2D eigenvalue weighted by atomic mass is 16.7. The Kier molecular flexibility index (Phi) is 7.76. The molecular formula is C28H32N4O8. The molecule has 3 heterocycles. The number of amides is 1. The van der Waals surface area contributed by atoms with Gasteiger partial charge in [-0.2, -0.15) is 0 Å². The average molecular weight is 553 g/mol. The monoisotopic (exact) mass is 552 g/mol. The minimum atomic E-state index is -1.49. The number of rotatable bonds is 8. The lowest BCUT2D eigenvalue weighted by Gasteiger charge is -2.41. The molecule has 1 aliphatic heterocycles. The smallest absolute Gasteiger partial charge is 0.272 e. The number of H-pyrrole nitrogens is 1. The van der Waals surface area contributed by atoms with Crippen molar-refractivity contribution in [3.05, 3.63) is 52.8 Å². The van der Waals surface area contributed by atoms with Crippen LogP contribution in [0.5, 0.6) is 5.88 Å². The standard InChI is InChI=1S/C28H32N4O8/c1-4-32(5-2)17-8-6-16-11-20(38-21(16)12-17)15-7-9-18-19(10-15)26(37)30-31-27(18)40-28-23(29-14(3)34)25(36)24(35)22(13-33)39-28/h6-12,22-25,28,33,35-36H,4-5,13H2,1-3H3,(H,29,34)(H,30,37)/t22-,23-,24-,25-,28+/m1/s1. The first-order chi connectivity index (χ1) is 19.2. The van der Waals surface area contributed by atoms with Crippen LogP contribution in [0.2, 0.25) is 0 Å². The number of carbonyl (C=O) groups is 1. The molecule has 212 valence electrons. The summed E-state index contributed by atoms with van der Waals surface area (Å²) in [5.41, 5.74) is 1.99. The summed E-state index contributed by atoms with van der Waals surface area (Å²) in [5.74, 6) is 0.0571. The minimum Gasteiger partial charge on any atom is -0.456 e. The zero-order valence-corrected chi connectivity index (χ0v) is 22.3. The summed E-state index contributed by atoms with van der Waals surface area (Å²) in [4.78, 5) is 26.7. The zero-order valence-electron chi connectivity index (χ0n) is 22.3. The fraction of sp³-hybridized carbons (Fsp3) is 0.393. The number of aliphatic hydroxyl groups excluding tert-OH is 3. The van der Waals surface area contributed by atoms with Crippen LogP contribution < -0.4 is 20.5 Å². The molecule has 5 rings (SSSR count). The second-order valence-electron chi connectivity index (χ2n) is 9.67. The van der Waals surface area contributed by atoms with Crippen LogP contribution in [0.25, 0.3) is 33.1 Å². The van der Waals surface area contributed by atoms with Crippen LogP contribution in [0.1, 0.15) is 20.8 Å². The lowest BCUT2D eigenvalue weighted by atomic mass is 9.97. The van der Waals surface area contributed by atoms with E-state index in [2.05, 4.69) is 34.3 Å². The molecule has 2 aromatic heterocycles. The van der Waals surface area contributed by atoms with Crippen LogP contribution in [-0.4, -0.2) is 81.8 Å². The fourth-order valence-electron chi connectivity index (χ4n) is 5.01. The number of carbonyl (C=O) groups excluding carboxylic acids is 1. The molecule has 12 heteroatoms. The first kappa shape index (κ1) is 27.6. The van der Waals surface area contributed by atoms with Crippen molar-refractivity contribution in [2.45, 2.75) is 51.4 Å². The number of aliphatic hydroxyl groups is 3. The Morgan fingerprint density at radius 3 is 2.58 bits per heavy atom. The molecule has 0 spiro atoms. The number of hydrogen-bond donors (Lipinski definition) is 5. The summed E-state index contributed by atoms with van der Waals surface area (Å²) in [6, 6.07) is 11.9. The van der Waals surface area contributed by atoms with Crippen LogP contribution in [0, 0.1) is 0 Å². The van der Waals surface area contributed by atoms with Crippen molar-refractivity contribution >= 4 is 33.3 Å². The van der Waals surface area contributed by atoms with Gasteiger partial charge < -0.3 is 39.4 Å². The molecule has 1 saturated heterocycles. The summed E-state index contributed by atoms with van der Waals surface area (Å²) in [6.45, 7) is 6.58. The molecule has 5 atom stereocenters. The first-order valence-electron chi connectivity index (χ1n) is 13.1. The second-order valence-corrected chi connectivity index (χ2v) is 9.67. The van der Waals surface area contributed by atoms with Crippen LogP contribution in [-0.2, 0) is 9.53 Å². The van der Waals surface area contributed by atoms with Gasteiger partial charge in [0.15, 0.2) is 0 Å². The maximum Gasteiger partial charge on any atom is 0.272 e. The largest absolute Gasteiger partial charge is 0.456 e. The van der Waals surface area contributed by atoms with E-state index in [1.807, 2.05) is 24.3 Å². The van der Waals surface area contributed by atoms with E-state index in [1.54, 1.807) is 18.2 Å². The van der Waals surface area contributed by atoms with Gasteiger partial charge in [-0.05, 0) is 44.2 Å². The van der Waals surface area contributed by atoms with E-state index >= 15 is 0 Å². The van der Waals surface area contributed by atoms with Crippen molar-refractivity contribution in [3.8, 4) is 17.2 Å². The van der Waals surface area contributed by atoms with Crippen molar-refractivity contribution in [2.75, 3.05) is 24.6 Å². The third kappa shape index (κ3) is 5.13. The molecule has 0 radical (unpaired) electrons.